The van der Waals surface area contributed by atoms with Crippen LogP contribution in [0.3, 0.4) is 0 Å². The Kier molecular flexibility index (Phi) is 5.44. The van der Waals surface area contributed by atoms with E-state index in [9.17, 15) is 4.79 Å². The number of nitrogens with one attached hydrogen (secondary N) is 2. The number of fused-ring (bicyclic) bond motifs is 1. The summed E-state index contributed by atoms with van der Waals surface area (Å²) in [4.78, 5) is 13.2. The van der Waals surface area contributed by atoms with E-state index in [4.69, 9.17) is 4.74 Å². The fraction of sp³-hybridized carbons (Fsp3) is 0.286. The largest absolute Gasteiger partial charge is 0.497 e. The number of hydrogen-bond acceptors (Lipinski definition) is 6. The Morgan fingerprint density at radius 2 is 1.90 bits per heavy atom. The molecule has 0 saturated heterocycles. The molecule has 3 aromatic rings. The molecule has 4 rings (SSSR count). The second kappa shape index (κ2) is 8.16. The summed E-state index contributed by atoms with van der Waals surface area (Å²) in [6, 6.07) is 15.3. The molecule has 0 saturated carbocycles. The summed E-state index contributed by atoms with van der Waals surface area (Å²) in [5.41, 5.74) is 6.36. The number of thioether (sulfide) groups is 1. The highest BCUT2D eigenvalue weighted by Gasteiger charge is 2.37. The van der Waals surface area contributed by atoms with Crippen molar-refractivity contribution in [1.82, 2.24) is 14.9 Å². The van der Waals surface area contributed by atoms with E-state index in [1.54, 1.807) is 7.11 Å². The number of rotatable bonds is 5. The smallest absolute Gasteiger partial charge is 0.240 e. The number of hydrogen-bond donors (Lipinski definition) is 2. The van der Waals surface area contributed by atoms with Gasteiger partial charge in [0.25, 0.3) is 0 Å². The maximum Gasteiger partial charge on any atom is 0.240 e. The molecule has 29 heavy (non-hydrogen) atoms. The van der Waals surface area contributed by atoms with Crippen LogP contribution >= 0.6 is 11.8 Å². The molecule has 7 nitrogen and oxygen atoms in total. The Hall–Kier alpha value is -3.00. The van der Waals surface area contributed by atoms with Crippen LogP contribution in [0.2, 0.25) is 0 Å². The number of amides is 1. The van der Waals surface area contributed by atoms with Crippen LogP contribution in [0.5, 0.6) is 5.75 Å². The highest BCUT2D eigenvalue weighted by molar-refractivity contribution is 8.00. The second-order valence-electron chi connectivity index (χ2n) is 6.86. The lowest BCUT2D eigenvalue weighted by Gasteiger charge is -2.33. The molecular formula is C21H23N5O2S. The Morgan fingerprint density at radius 3 is 2.55 bits per heavy atom. The average Bonchev–Trinajstić information content (AvgIpc) is 3.16. The van der Waals surface area contributed by atoms with Gasteiger partial charge in [0.2, 0.25) is 11.1 Å². The maximum absolute atomic E-state index is 13.2. The van der Waals surface area contributed by atoms with Crippen molar-refractivity contribution in [2.45, 2.75) is 36.7 Å². The van der Waals surface area contributed by atoms with Gasteiger partial charge in [0.15, 0.2) is 5.82 Å². The lowest BCUT2D eigenvalue weighted by molar-refractivity contribution is -0.116. The second-order valence-corrected chi connectivity index (χ2v) is 7.97. The lowest BCUT2D eigenvalue weighted by atomic mass is 10.0. The van der Waals surface area contributed by atoms with Gasteiger partial charge >= 0.3 is 0 Å². The molecule has 0 aliphatic carbocycles. The van der Waals surface area contributed by atoms with E-state index in [0.717, 1.165) is 34.8 Å². The fourth-order valence-electron chi connectivity index (χ4n) is 3.24. The van der Waals surface area contributed by atoms with Crippen molar-refractivity contribution in [1.29, 1.82) is 0 Å². The Labute approximate surface area is 173 Å². The number of anilines is 1. The van der Waals surface area contributed by atoms with E-state index in [1.807, 2.05) is 67.1 Å². The van der Waals surface area contributed by atoms with Crippen LogP contribution in [0, 0.1) is 6.92 Å². The minimum absolute atomic E-state index is 0.0838. The lowest BCUT2D eigenvalue weighted by Crippen LogP contribution is -2.41. The van der Waals surface area contributed by atoms with Gasteiger partial charge in [0.05, 0.1) is 13.2 Å². The van der Waals surface area contributed by atoms with Crippen LogP contribution in [-0.2, 0) is 11.2 Å². The Bertz CT molecular complexity index is 1000. The summed E-state index contributed by atoms with van der Waals surface area (Å²) in [5.74, 6) is 1.53. The van der Waals surface area contributed by atoms with Crippen molar-refractivity contribution in [3.63, 3.8) is 0 Å². The van der Waals surface area contributed by atoms with Gasteiger partial charge in [0.1, 0.15) is 11.0 Å². The molecule has 0 unspecified atom stereocenters. The van der Waals surface area contributed by atoms with Gasteiger partial charge in [-0.1, -0.05) is 48.5 Å². The molecule has 0 spiro atoms. The zero-order valence-corrected chi connectivity index (χ0v) is 17.4. The minimum atomic E-state index is -0.411. The summed E-state index contributed by atoms with van der Waals surface area (Å²) < 4.78 is 7.15. The number of aryl methyl sites for hydroxylation is 2. The summed E-state index contributed by atoms with van der Waals surface area (Å²) in [6.07, 6.45) is 0.746. The summed E-state index contributed by atoms with van der Waals surface area (Å²) in [6.45, 7) is 4.05. The van der Waals surface area contributed by atoms with Crippen LogP contribution in [0.15, 0.2) is 53.7 Å². The quantitative estimate of drug-likeness (QED) is 0.671. The summed E-state index contributed by atoms with van der Waals surface area (Å²) >= 11 is 1.42. The number of aromatic nitrogens is 3. The molecule has 0 fully saturated rings. The van der Waals surface area contributed by atoms with Crippen molar-refractivity contribution in [2.75, 3.05) is 17.9 Å². The maximum atomic E-state index is 13.2. The highest BCUT2D eigenvalue weighted by Crippen LogP contribution is 2.38. The molecule has 150 valence electrons. The number of methoxy groups -OCH3 is 1. The third-order valence-electron chi connectivity index (χ3n) is 4.87. The molecular weight excluding hydrogens is 386 g/mol. The third kappa shape index (κ3) is 3.93. The monoisotopic (exact) mass is 409 g/mol. The number of carbonyl (C=O) groups is 1. The first-order chi connectivity index (χ1) is 14.1. The topological polar surface area (TPSA) is 81.1 Å². The molecule has 2 N–H and O–H groups in total. The predicted molar refractivity (Wildman–Crippen MR) is 114 cm³/mol. The molecule has 0 radical (unpaired) electrons. The number of benzene rings is 2. The Balaban J connectivity index is 1.65. The van der Waals surface area contributed by atoms with Gasteiger partial charge in [-0.05, 0) is 36.8 Å². The van der Waals surface area contributed by atoms with E-state index >= 15 is 0 Å². The fourth-order valence-corrected chi connectivity index (χ4v) is 4.34. The Morgan fingerprint density at radius 1 is 1.17 bits per heavy atom. The number of nitrogens with zero attached hydrogens (tertiary/aromatic N) is 3. The SMILES string of the molecule is CCc1nnc2n1N[C@H](c1ccc(OC)cc1)[C@@H](C(=O)Nc1ccc(C)cc1)S2. The molecule has 2 heterocycles. The van der Waals surface area contributed by atoms with Crippen LogP contribution in [0.25, 0.3) is 0 Å². The highest BCUT2D eigenvalue weighted by atomic mass is 32.2. The number of carbonyl (C=O) groups excluding carboxylic acids is 1. The van der Waals surface area contributed by atoms with Gasteiger partial charge in [-0.15, -0.1) is 10.2 Å². The van der Waals surface area contributed by atoms with Gasteiger partial charge < -0.3 is 15.5 Å². The van der Waals surface area contributed by atoms with Gasteiger partial charge in [-0.2, -0.15) is 0 Å². The van der Waals surface area contributed by atoms with Gasteiger partial charge in [-0.25, -0.2) is 4.68 Å². The van der Waals surface area contributed by atoms with Gasteiger partial charge in [-0.3, -0.25) is 4.79 Å². The normalized spacial score (nSPS) is 17.9. The molecule has 1 aliphatic rings. The summed E-state index contributed by atoms with van der Waals surface area (Å²) in [5, 5.41) is 11.8. The van der Waals surface area contributed by atoms with Crippen molar-refractivity contribution in [2.24, 2.45) is 0 Å². The molecule has 1 amide bonds. The first-order valence-corrected chi connectivity index (χ1v) is 10.4. The first-order valence-electron chi connectivity index (χ1n) is 9.48. The van der Waals surface area contributed by atoms with E-state index in [0.29, 0.717) is 5.16 Å². The zero-order chi connectivity index (χ0) is 20.4. The average molecular weight is 410 g/mol. The van der Waals surface area contributed by atoms with Crippen LogP contribution in [0.4, 0.5) is 5.69 Å². The van der Waals surface area contributed by atoms with Crippen LogP contribution in [-0.4, -0.2) is 33.1 Å². The van der Waals surface area contributed by atoms with Crippen LogP contribution < -0.4 is 15.5 Å². The van der Waals surface area contributed by atoms with Gasteiger partial charge in [0, 0.05) is 12.1 Å². The van der Waals surface area contributed by atoms with Crippen LogP contribution in [0.1, 0.15) is 29.9 Å². The third-order valence-corrected chi connectivity index (χ3v) is 6.09. The minimum Gasteiger partial charge on any atom is -0.497 e. The molecule has 0 bridgehead atoms. The summed E-state index contributed by atoms with van der Waals surface area (Å²) in [7, 11) is 1.64. The molecule has 2 atom stereocenters. The van der Waals surface area contributed by atoms with Crippen molar-refractivity contribution in [3.8, 4) is 5.75 Å². The van der Waals surface area contributed by atoms with Crippen molar-refractivity contribution >= 4 is 23.4 Å². The molecule has 8 heteroatoms. The zero-order valence-electron chi connectivity index (χ0n) is 16.5. The van der Waals surface area contributed by atoms with Crippen molar-refractivity contribution in [3.05, 3.63) is 65.5 Å². The van der Waals surface area contributed by atoms with Crippen molar-refractivity contribution < 1.29 is 9.53 Å². The van der Waals surface area contributed by atoms with E-state index in [-0.39, 0.29) is 11.9 Å². The van der Waals surface area contributed by atoms with E-state index < -0.39 is 5.25 Å². The molecule has 2 aromatic carbocycles. The van der Waals surface area contributed by atoms with E-state index in [1.165, 1.54) is 11.8 Å². The standard InChI is InChI=1S/C21H23N5O2S/c1-4-17-23-24-21-26(17)25-18(14-7-11-16(28-3)12-8-14)19(29-21)20(27)22-15-9-5-13(2)6-10-15/h5-12,18-19,25H,4H2,1-3H3,(H,22,27)/t18-,19+/m1/s1. The molecule has 1 aliphatic heterocycles. The first kappa shape index (κ1) is 19.3. The molecule has 1 aromatic heterocycles. The predicted octanol–water partition coefficient (Wildman–Crippen LogP) is 3.56. The number of ether oxygens (including phenoxy) is 1. The van der Waals surface area contributed by atoms with E-state index in [2.05, 4.69) is 20.9 Å².